The molecule has 0 spiro atoms. The van der Waals surface area contributed by atoms with E-state index >= 15 is 0 Å². The first kappa shape index (κ1) is 31.0. The van der Waals surface area contributed by atoms with Gasteiger partial charge in [-0.25, -0.2) is 17.7 Å². The van der Waals surface area contributed by atoms with Crippen LogP contribution in [0.5, 0.6) is 0 Å². The van der Waals surface area contributed by atoms with Crippen LogP contribution in [0.2, 0.25) is 0 Å². The van der Waals surface area contributed by atoms with Crippen molar-refractivity contribution in [2.24, 2.45) is 11.7 Å². The van der Waals surface area contributed by atoms with E-state index in [0.29, 0.717) is 42.0 Å². The second kappa shape index (κ2) is 12.8. The van der Waals surface area contributed by atoms with Gasteiger partial charge >= 0.3 is 5.91 Å². The van der Waals surface area contributed by atoms with E-state index in [4.69, 9.17) is 10.3 Å². The normalized spacial score (nSPS) is 14.1. The third-order valence-electron chi connectivity index (χ3n) is 7.56. The number of primary amides is 1. The molecule has 0 radical (unpaired) electrons. The molecule has 0 fully saturated rings. The molecule has 9 nitrogen and oxygen atoms in total. The highest BCUT2D eigenvalue weighted by molar-refractivity contribution is 7.92. The van der Waals surface area contributed by atoms with Gasteiger partial charge in [-0.05, 0) is 38.8 Å². The average Bonchev–Trinajstić information content (AvgIpc) is 3.22. The number of hydrogen-bond donors (Lipinski definition) is 2. The maximum atomic E-state index is 13.6. The maximum Gasteiger partial charge on any atom is 0.314 e. The number of carbonyl (C=O) groups is 2. The zero-order valence-electron chi connectivity index (χ0n) is 24.2. The molecule has 2 aromatic carbocycles. The van der Waals surface area contributed by atoms with Crippen LogP contribution in [0.15, 0.2) is 57.9 Å². The van der Waals surface area contributed by atoms with Crippen molar-refractivity contribution in [3.8, 4) is 11.1 Å². The Morgan fingerprint density at radius 1 is 1.05 bits per heavy atom. The van der Waals surface area contributed by atoms with Crippen molar-refractivity contribution in [1.82, 2.24) is 5.16 Å². The molecule has 1 aromatic heterocycles. The molecule has 0 saturated heterocycles. The molecule has 10 heteroatoms. The number of aryl methyl sites for hydroxylation is 1. The lowest BCUT2D eigenvalue weighted by molar-refractivity contribution is -0.885. The number of nitrogens with two attached hydrogens (primary N) is 1. The molecule has 0 aliphatic carbocycles. The molecular formula is C30H41N4O5S+. The van der Waals surface area contributed by atoms with E-state index in [2.05, 4.69) is 9.88 Å². The number of benzene rings is 2. The van der Waals surface area contributed by atoms with Gasteiger partial charge in [-0.15, -0.1) is 0 Å². The average molecular weight is 570 g/mol. The van der Waals surface area contributed by atoms with E-state index in [-0.39, 0.29) is 27.0 Å². The summed E-state index contributed by atoms with van der Waals surface area (Å²) >= 11 is 0. The van der Waals surface area contributed by atoms with Crippen LogP contribution in [0.4, 0.5) is 5.82 Å². The Morgan fingerprint density at radius 2 is 1.70 bits per heavy atom. The minimum absolute atomic E-state index is 0.00632. The van der Waals surface area contributed by atoms with Crippen LogP contribution in [0.3, 0.4) is 0 Å². The number of amides is 2. The topological polar surface area (TPSA) is 132 Å². The molecule has 2 atom stereocenters. The van der Waals surface area contributed by atoms with Crippen molar-refractivity contribution in [2.45, 2.75) is 78.3 Å². The number of nitrogens with one attached hydrogen (secondary N) is 1. The summed E-state index contributed by atoms with van der Waals surface area (Å²) in [5, 5.41) is 3.83. The quantitative estimate of drug-likeness (QED) is 0.268. The van der Waals surface area contributed by atoms with Crippen LogP contribution >= 0.6 is 0 Å². The summed E-state index contributed by atoms with van der Waals surface area (Å²) in [5.41, 5.74) is 8.55. The van der Waals surface area contributed by atoms with Gasteiger partial charge in [0, 0.05) is 22.6 Å². The number of quaternary nitrogens is 1. The van der Waals surface area contributed by atoms with Gasteiger partial charge in [-0.1, -0.05) is 74.8 Å². The Hall–Kier alpha value is -3.50. The molecule has 3 aromatic rings. The highest BCUT2D eigenvalue weighted by Crippen LogP contribution is 2.32. The number of nitrogens with zero attached hydrogens (tertiary/aromatic N) is 2. The van der Waals surface area contributed by atoms with Gasteiger partial charge in [-0.2, -0.15) is 0 Å². The fourth-order valence-corrected chi connectivity index (χ4v) is 6.56. The second-order valence-electron chi connectivity index (χ2n) is 10.6. The maximum absolute atomic E-state index is 13.6. The first-order chi connectivity index (χ1) is 18.9. The van der Waals surface area contributed by atoms with E-state index in [9.17, 15) is 18.0 Å². The van der Waals surface area contributed by atoms with Crippen molar-refractivity contribution < 1.29 is 27.0 Å². The number of unbranched alkanes of at least 4 members (excludes halogenated alkanes) is 1. The Kier molecular flexibility index (Phi) is 9.92. The molecule has 1 heterocycles. The number of carbonyl (C=O) groups excluding carboxylic acids is 2. The number of hydrogen-bond acceptors (Lipinski definition) is 6. The summed E-state index contributed by atoms with van der Waals surface area (Å²) in [6, 6.07) is 13.5. The molecule has 3 rings (SSSR count). The highest BCUT2D eigenvalue weighted by atomic mass is 32.2. The summed E-state index contributed by atoms with van der Waals surface area (Å²) in [6.07, 6.45) is 2.00. The van der Waals surface area contributed by atoms with Crippen LogP contribution in [-0.2, 0) is 26.2 Å². The van der Waals surface area contributed by atoms with Crippen molar-refractivity contribution in [1.29, 1.82) is 0 Å². The number of aromatic nitrogens is 1. The highest BCUT2D eigenvalue weighted by Gasteiger charge is 2.47. The van der Waals surface area contributed by atoms with Crippen molar-refractivity contribution in [3.63, 3.8) is 0 Å². The minimum Gasteiger partial charge on any atom is -0.364 e. The van der Waals surface area contributed by atoms with Gasteiger partial charge in [0.1, 0.15) is 12.3 Å². The van der Waals surface area contributed by atoms with Crippen molar-refractivity contribution >= 4 is 27.7 Å². The fraction of sp³-hybridized carbons (Fsp3) is 0.433. The minimum atomic E-state index is -3.97. The summed E-state index contributed by atoms with van der Waals surface area (Å²) in [7, 11) is -3.97. The lowest BCUT2D eigenvalue weighted by Crippen LogP contribution is -2.64. The van der Waals surface area contributed by atoms with Gasteiger partial charge < -0.3 is 10.3 Å². The SMILES string of the molecule is CCCCC(=O)[N+](CC)(Cc1ccc(-c2ccccc2S(=O)(=O)Nc2noc(C)c2C)cc1)[C@H](C(N)=O)C(C)C. The lowest BCUT2D eigenvalue weighted by atomic mass is 9.95. The molecule has 1 unspecified atom stereocenters. The summed E-state index contributed by atoms with van der Waals surface area (Å²) in [5.74, 6) is 0.0870. The second-order valence-corrected chi connectivity index (χ2v) is 12.3. The largest absolute Gasteiger partial charge is 0.364 e. The molecule has 0 saturated carbocycles. The Morgan fingerprint density at radius 3 is 2.23 bits per heavy atom. The zero-order valence-corrected chi connectivity index (χ0v) is 25.0. The molecule has 3 N–H and O–H groups in total. The Bertz CT molecular complexity index is 1450. The van der Waals surface area contributed by atoms with Crippen LogP contribution in [0.1, 0.15) is 63.8 Å². The molecule has 40 heavy (non-hydrogen) atoms. The monoisotopic (exact) mass is 569 g/mol. The van der Waals surface area contributed by atoms with E-state index in [0.717, 1.165) is 18.4 Å². The smallest absolute Gasteiger partial charge is 0.314 e. The van der Waals surface area contributed by atoms with E-state index in [1.807, 2.05) is 52.0 Å². The third kappa shape index (κ3) is 6.45. The number of anilines is 1. The van der Waals surface area contributed by atoms with Crippen LogP contribution in [0, 0.1) is 19.8 Å². The molecule has 2 amide bonds. The number of sulfonamides is 1. The number of likely N-dealkylation sites (N-methyl/N-ethyl adjacent to an activating group) is 1. The molecule has 0 aliphatic heterocycles. The third-order valence-corrected chi connectivity index (χ3v) is 8.95. The Balaban J connectivity index is 1.99. The summed E-state index contributed by atoms with van der Waals surface area (Å²) < 4.78 is 34.3. The first-order valence-corrected chi connectivity index (χ1v) is 15.2. The standard InChI is InChI=1S/C30H40N4O5S/c1-7-9-14-27(35)34(8-2,28(20(3)4)29(31)36)19-23-15-17-24(18-16-23)25-12-10-11-13-26(25)40(37,38)33-30-21(5)22(6)39-32-30/h10-13,15-18,20,28H,7-9,14,19H2,1-6H3,(H2-,31,32,33,36)/p+1/t28-,34?/m0/s1. The van der Waals surface area contributed by atoms with E-state index in [1.54, 1.807) is 38.1 Å². The lowest BCUT2D eigenvalue weighted by Gasteiger charge is -2.42. The first-order valence-electron chi connectivity index (χ1n) is 13.7. The molecule has 0 bridgehead atoms. The van der Waals surface area contributed by atoms with E-state index in [1.165, 1.54) is 0 Å². The zero-order chi connectivity index (χ0) is 29.7. The van der Waals surface area contributed by atoms with Gasteiger partial charge in [0.25, 0.3) is 15.9 Å². The van der Waals surface area contributed by atoms with Crippen molar-refractivity contribution in [2.75, 3.05) is 11.3 Å². The van der Waals surface area contributed by atoms with Crippen molar-refractivity contribution in [3.05, 3.63) is 65.4 Å². The molecule has 216 valence electrons. The van der Waals surface area contributed by atoms with Crippen LogP contribution < -0.4 is 10.5 Å². The fourth-order valence-electron chi connectivity index (χ4n) is 5.27. The Labute approximate surface area is 237 Å². The van der Waals surface area contributed by atoms with E-state index < -0.39 is 22.0 Å². The van der Waals surface area contributed by atoms with Crippen LogP contribution in [0.25, 0.3) is 11.1 Å². The van der Waals surface area contributed by atoms with Gasteiger partial charge in [-0.3, -0.25) is 9.52 Å². The summed E-state index contributed by atoms with van der Waals surface area (Å²) in [4.78, 5) is 26.3. The predicted molar refractivity (Wildman–Crippen MR) is 156 cm³/mol. The van der Waals surface area contributed by atoms with Gasteiger partial charge in [0.05, 0.1) is 17.9 Å². The van der Waals surface area contributed by atoms with Gasteiger partial charge in [0.15, 0.2) is 11.9 Å². The van der Waals surface area contributed by atoms with Crippen LogP contribution in [-0.4, -0.2) is 42.5 Å². The predicted octanol–water partition coefficient (Wildman–Crippen LogP) is 5.32. The number of rotatable bonds is 13. The van der Waals surface area contributed by atoms with Gasteiger partial charge in [0.2, 0.25) is 0 Å². The molecular weight excluding hydrogens is 528 g/mol. The molecule has 0 aliphatic rings. The summed E-state index contributed by atoms with van der Waals surface area (Å²) in [6.45, 7) is 12.0.